The van der Waals surface area contributed by atoms with E-state index in [-0.39, 0.29) is 24.4 Å². The number of rotatable bonds is 4. The van der Waals surface area contributed by atoms with Gasteiger partial charge in [0.15, 0.2) is 5.78 Å². The molecule has 0 unspecified atom stereocenters. The zero-order chi connectivity index (χ0) is 10.6. The Hall–Kier alpha value is -1.29. The Morgan fingerprint density at radius 1 is 1.43 bits per heavy atom. The molecule has 1 aromatic carbocycles. The zero-order valence-corrected chi connectivity index (χ0v) is 7.72. The topological polar surface area (TPSA) is 26.3 Å². The van der Waals surface area contributed by atoms with Crippen molar-refractivity contribution in [1.82, 2.24) is 0 Å². The molecule has 0 amide bonds. The second-order valence-corrected chi connectivity index (χ2v) is 2.88. The van der Waals surface area contributed by atoms with Gasteiger partial charge >= 0.3 is 0 Å². The number of carbonyl (C=O) groups is 1. The fourth-order valence-electron chi connectivity index (χ4n) is 1.09. The van der Waals surface area contributed by atoms with Crippen molar-refractivity contribution in [2.45, 2.75) is 6.42 Å². The Morgan fingerprint density at radius 3 is 2.71 bits per heavy atom. The number of benzene rings is 1. The maximum Gasteiger partial charge on any atom is 0.162 e. The van der Waals surface area contributed by atoms with Gasteiger partial charge in [0.2, 0.25) is 0 Å². The molecule has 0 aliphatic rings. The maximum absolute atomic E-state index is 13.0. The molecule has 0 aromatic heterocycles. The van der Waals surface area contributed by atoms with E-state index in [0.717, 1.165) is 12.1 Å². The molecule has 0 heterocycles. The normalized spacial score (nSPS) is 10.2. The third-order valence-corrected chi connectivity index (χ3v) is 1.71. The van der Waals surface area contributed by atoms with Crippen LogP contribution in [0.25, 0.3) is 0 Å². The molecular weight excluding hydrogens is 190 g/mol. The second-order valence-electron chi connectivity index (χ2n) is 2.88. The molecule has 0 aliphatic carbocycles. The highest BCUT2D eigenvalue weighted by atomic mass is 19.1. The molecule has 0 saturated carbocycles. The molecule has 0 N–H and O–H groups in total. The predicted molar refractivity (Wildman–Crippen MR) is 46.9 cm³/mol. The van der Waals surface area contributed by atoms with E-state index in [1.165, 1.54) is 13.2 Å². The highest BCUT2D eigenvalue weighted by Crippen LogP contribution is 2.10. The number of ether oxygens (including phenoxy) is 1. The van der Waals surface area contributed by atoms with E-state index in [1.807, 2.05) is 0 Å². The quantitative estimate of drug-likeness (QED) is 0.739. The summed E-state index contributed by atoms with van der Waals surface area (Å²) in [5, 5.41) is 0. The van der Waals surface area contributed by atoms with Gasteiger partial charge in [0.05, 0.1) is 0 Å². The van der Waals surface area contributed by atoms with Gasteiger partial charge in [-0.3, -0.25) is 4.79 Å². The summed E-state index contributed by atoms with van der Waals surface area (Å²) in [6.07, 6.45) is -0.0695. The van der Waals surface area contributed by atoms with E-state index in [2.05, 4.69) is 4.74 Å². The molecule has 76 valence electrons. The summed E-state index contributed by atoms with van der Waals surface area (Å²) in [6, 6.07) is 3.14. The SMILES string of the molecule is COCC(=O)Cc1ccc(F)cc1F. The van der Waals surface area contributed by atoms with Crippen LogP contribution >= 0.6 is 0 Å². The Kier molecular flexibility index (Phi) is 3.71. The van der Waals surface area contributed by atoms with E-state index >= 15 is 0 Å². The highest BCUT2D eigenvalue weighted by molar-refractivity contribution is 5.82. The van der Waals surface area contributed by atoms with E-state index < -0.39 is 11.6 Å². The third-order valence-electron chi connectivity index (χ3n) is 1.71. The van der Waals surface area contributed by atoms with Gasteiger partial charge in [0, 0.05) is 19.6 Å². The van der Waals surface area contributed by atoms with Crippen LogP contribution in [-0.2, 0) is 16.0 Å². The Labute approximate surface area is 80.5 Å². The molecule has 2 nitrogen and oxygen atoms in total. The van der Waals surface area contributed by atoms with Crippen LogP contribution in [0, 0.1) is 11.6 Å². The van der Waals surface area contributed by atoms with Crippen LogP contribution in [0.5, 0.6) is 0 Å². The van der Waals surface area contributed by atoms with Gasteiger partial charge < -0.3 is 4.74 Å². The lowest BCUT2D eigenvalue weighted by Crippen LogP contribution is -2.10. The van der Waals surface area contributed by atoms with Crippen molar-refractivity contribution in [1.29, 1.82) is 0 Å². The molecule has 0 spiro atoms. The molecule has 14 heavy (non-hydrogen) atoms. The van der Waals surface area contributed by atoms with Gasteiger partial charge in [0.1, 0.15) is 18.2 Å². The van der Waals surface area contributed by atoms with Crippen molar-refractivity contribution in [3.8, 4) is 0 Å². The smallest absolute Gasteiger partial charge is 0.162 e. The van der Waals surface area contributed by atoms with Crippen LogP contribution in [0.15, 0.2) is 18.2 Å². The van der Waals surface area contributed by atoms with Crippen molar-refractivity contribution in [3.05, 3.63) is 35.4 Å². The van der Waals surface area contributed by atoms with Crippen molar-refractivity contribution in [2.75, 3.05) is 13.7 Å². The van der Waals surface area contributed by atoms with Crippen molar-refractivity contribution < 1.29 is 18.3 Å². The molecule has 0 bridgehead atoms. The molecule has 1 rings (SSSR count). The third kappa shape index (κ3) is 2.88. The fourth-order valence-corrected chi connectivity index (χ4v) is 1.09. The van der Waals surface area contributed by atoms with Gasteiger partial charge in [-0.2, -0.15) is 0 Å². The van der Waals surface area contributed by atoms with Crippen molar-refractivity contribution in [3.63, 3.8) is 0 Å². The first-order chi connectivity index (χ1) is 6.63. The van der Waals surface area contributed by atoms with Crippen LogP contribution < -0.4 is 0 Å². The maximum atomic E-state index is 13.0. The van der Waals surface area contributed by atoms with Crippen LogP contribution in [-0.4, -0.2) is 19.5 Å². The summed E-state index contributed by atoms with van der Waals surface area (Å²) < 4.78 is 30.1. The first kappa shape index (κ1) is 10.8. The molecule has 0 fully saturated rings. The van der Waals surface area contributed by atoms with Gasteiger partial charge in [0.25, 0.3) is 0 Å². The average molecular weight is 200 g/mol. The monoisotopic (exact) mass is 200 g/mol. The minimum absolute atomic E-state index is 0.0587. The Balaban J connectivity index is 2.72. The highest BCUT2D eigenvalue weighted by Gasteiger charge is 2.08. The minimum atomic E-state index is -0.700. The Morgan fingerprint density at radius 2 is 2.14 bits per heavy atom. The van der Waals surface area contributed by atoms with Crippen molar-refractivity contribution >= 4 is 5.78 Å². The molecule has 4 heteroatoms. The van der Waals surface area contributed by atoms with E-state index in [4.69, 9.17) is 0 Å². The number of hydrogen-bond donors (Lipinski definition) is 0. The summed E-state index contributed by atoms with van der Waals surface area (Å²) >= 11 is 0. The van der Waals surface area contributed by atoms with Crippen LogP contribution in [0.4, 0.5) is 8.78 Å². The number of ketones is 1. The first-order valence-corrected chi connectivity index (χ1v) is 4.08. The van der Waals surface area contributed by atoms with Crippen molar-refractivity contribution in [2.24, 2.45) is 0 Å². The molecule has 0 radical (unpaired) electrons. The summed E-state index contributed by atoms with van der Waals surface area (Å²) in [5.41, 5.74) is 0.188. The molecule has 0 saturated heterocycles. The standard InChI is InChI=1S/C10H10F2O2/c1-14-6-9(13)4-7-2-3-8(11)5-10(7)12/h2-3,5H,4,6H2,1H3. The van der Waals surface area contributed by atoms with Gasteiger partial charge in [-0.1, -0.05) is 6.07 Å². The number of halogens is 2. The minimum Gasteiger partial charge on any atom is -0.377 e. The summed E-state index contributed by atoms with van der Waals surface area (Å²) in [7, 11) is 1.39. The van der Waals surface area contributed by atoms with Gasteiger partial charge in [-0.15, -0.1) is 0 Å². The first-order valence-electron chi connectivity index (χ1n) is 4.08. The number of hydrogen-bond acceptors (Lipinski definition) is 2. The number of carbonyl (C=O) groups excluding carboxylic acids is 1. The number of methoxy groups -OCH3 is 1. The number of Topliss-reactive ketones (excluding diaryl/α,β-unsaturated/α-hetero) is 1. The van der Waals surface area contributed by atoms with Gasteiger partial charge in [-0.25, -0.2) is 8.78 Å². The zero-order valence-electron chi connectivity index (χ0n) is 7.72. The largest absolute Gasteiger partial charge is 0.377 e. The molecule has 0 atom stereocenters. The van der Waals surface area contributed by atoms with Crippen LogP contribution in [0.1, 0.15) is 5.56 Å². The Bertz CT molecular complexity index is 337. The molecular formula is C10H10F2O2. The molecule has 1 aromatic rings. The lowest BCUT2D eigenvalue weighted by Gasteiger charge is -2.01. The fraction of sp³-hybridized carbons (Fsp3) is 0.300. The van der Waals surface area contributed by atoms with Crippen LogP contribution in [0.3, 0.4) is 0 Å². The lowest BCUT2D eigenvalue weighted by molar-refractivity contribution is -0.122. The van der Waals surface area contributed by atoms with E-state index in [9.17, 15) is 13.6 Å². The summed E-state index contributed by atoms with van der Waals surface area (Å²) in [6.45, 7) is -0.0587. The molecule has 0 aliphatic heterocycles. The van der Waals surface area contributed by atoms with E-state index in [0.29, 0.717) is 0 Å². The summed E-state index contributed by atoms with van der Waals surface area (Å²) in [4.78, 5) is 11.1. The summed E-state index contributed by atoms with van der Waals surface area (Å²) in [5.74, 6) is -1.59. The second kappa shape index (κ2) is 4.81. The lowest BCUT2D eigenvalue weighted by atomic mass is 10.1. The van der Waals surface area contributed by atoms with E-state index in [1.54, 1.807) is 0 Å². The predicted octanol–water partition coefficient (Wildman–Crippen LogP) is 1.72. The van der Waals surface area contributed by atoms with Crippen LogP contribution in [0.2, 0.25) is 0 Å². The van der Waals surface area contributed by atoms with Gasteiger partial charge in [-0.05, 0) is 11.6 Å². The average Bonchev–Trinajstić information content (AvgIpc) is 2.10.